The van der Waals surface area contributed by atoms with E-state index in [9.17, 15) is 9.59 Å². The van der Waals surface area contributed by atoms with E-state index in [1.54, 1.807) is 20.4 Å². The van der Waals surface area contributed by atoms with Crippen molar-refractivity contribution in [1.29, 1.82) is 0 Å². The molecule has 0 unspecified atom stereocenters. The molecule has 45 heavy (non-hydrogen) atoms. The molecular weight excluding hydrogens is 644 g/mol. The van der Waals surface area contributed by atoms with E-state index in [0.29, 0.717) is 35.8 Å². The maximum Gasteiger partial charge on any atom is 0.410 e. The number of anilines is 1. The van der Waals surface area contributed by atoms with Crippen molar-refractivity contribution in [2.45, 2.75) is 76.6 Å². The average Bonchev–Trinajstić information content (AvgIpc) is 3.63. The predicted octanol–water partition coefficient (Wildman–Crippen LogP) is 5.24. The first kappa shape index (κ1) is 32.8. The van der Waals surface area contributed by atoms with Crippen LogP contribution in [0.5, 0.6) is 11.5 Å². The molecule has 13 heteroatoms. The van der Waals surface area contributed by atoms with E-state index in [0.717, 1.165) is 54.9 Å². The molecule has 0 aliphatic carbocycles. The fourth-order valence-corrected chi connectivity index (χ4v) is 6.86. The number of halogens is 1. The van der Waals surface area contributed by atoms with Gasteiger partial charge in [-0.15, -0.1) is 0 Å². The second kappa shape index (κ2) is 13.8. The smallest absolute Gasteiger partial charge is 0.410 e. The molecule has 4 heterocycles. The Morgan fingerprint density at radius 3 is 2.62 bits per heavy atom. The summed E-state index contributed by atoms with van der Waals surface area (Å²) >= 11 is 3.68. The van der Waals surface area contributed by atoms with Crippen molar-refractivity contribution in [3.63, 3.8) is 0 Å². The molecule has 0 spiro atoms. The fourth-order valence-electron chi connectivity index (χ4n) is 6.30. The zero-order valence-corrected chi connectivity index (χ0v) is 28.4. The summed E-state index contributed by atoms with van der Waals surface area (Å²) in [6.07, 6.45) is 6.54. The van der Waals surface area contributed by atoms with Crippen LogP contribution >= 0.6 is 15.9 Å². The lowest BCUT2D eigenvalue weighted by Crippen LogP contribution is -2.54. The predicted molar refractivity (Wildman–Crippen MR) is 173 cm³/mol. The summed E-state index contributed by atoms with van der Waals surface area (Å²) in [5, 5.41) is 3.44. The Labute approximate surface area is 272 Å². The van der Waals surface area contributed by atoms with Gasteiger partial charge in [0.2, 0.25) is 0 Å². The molecule has 1 aromatic carbocycles. The lowest BCUT2D eigenvalue weighted by Gasteiger charge is -2.41. The maximum absolute atomic E-state index is 13.6. The quantitative estimate of drug-likeness (QED) is 0.299. The largest absolute Gasteiger partial charge is 0.497 e. The van der Waals surface area contributed by atoms with E-state index in [1.165, 1.54) is 7.11 Å². The second-order valence-electron chi connectivity index (χ2n) is 12.5. The molecule has 0 saturated carbocycles. The molecule has 2 aliphatic rings. The number of hydrogen-bond donors (Lipinski definition) is 1. The van der Waals surface area contributed by atoms with Crippen molar-refractivity contribution in [3.05, 3.63) is 46.6 Å². The summed E-state index contributed by atoms with van der Waals surface area (Å²) in [5.74, 6) is 2.68. The van der Waals surface area contributed by atoms with Crippen LogP contribution in [-0.4, -0.2) is 94.9 Å². The van der Waals surface area contributed by atoms with E-state index < -0.39 is 5.60 Å². The van der Waals surface area contributed by atoms with Gasteiger partial charge in [0, 0.05) is 55.6 Å². The standard InChI is InChI=1S/C32H43BrN6O6/c1-32(2,3)45-31(41)39-18-21(9-11-22(39)19-37-14-7-8-24(37)30(40)44-6)29-36-27(33)26-28(34-13-15-38(26)29)35-17-20-10-12-23(42-4)16-25(20)43-5/h10,12-13,15-16,21-22,24H,7-9,11,14,17-19H2,1-6H3,(H,34,35)/t21-,22-,24+/m1/s1. The number of amides is 1. The summed E-state index contributed by atoms with van der Waals surface area (Å²) in [5.41, 5.74) is 1.12. The number of fused-ring (bicyclic) bond motifs is 1. The number of likely N-dealkylation sites (tertiary alicyclic amines) is 2. The number of piperidine rings is 1. The summed E-state index contributed by atoms with van der Waals surface area (Å²) < 4.78 is 24.5. The first-order valence-electron chi connectivity index (χ1n) is 15.3. The highest BCUT2D eigenvalue weighted by atomic mass is 79.9. The number of esters is 1. The number of rotatable bonds is 9. The van der Waals surface area contributed by atoms with Crippen molar-refractivity contribution >= 4 is 39.3 Å². The Kier molecular flexibility index (Phi) is 10.1. The zero-order valence-electron chi connectivity index (χ0n) is 26.8. The molecule has 3 aromatic rings. The van der Waals surface area contributed by atoms with Gasteiger partial charge >= 0.3 is 12.1 Å². The van der Waals surface area contributed by atoms with Crippen LogP contribution in [0.4, 0.5) is 10.6 Å². The zero-order chi connectivity index (χ0) is 32.3. The monoisotopic (exact) mass is 686 g/mol. The summed E-state index contributed by atoms with van der Waals surface area (Å²) in [6, 6.07) is 5.32. The lowest BCUT2D eigenvalue weighted by atomic mass is 9.91. The first-order chi connectivity index (χ1) is 21.5. The van der Waals surface area contributed by atoms with Crippen molar-refractivity contribution < 1.29 is 28.5 Å². The number of carbonyl (C=O) groups excluding carboxylic acids is 2. The molecule has 2 aliphatic heterocycles. The number of aromatic nitrogens is 3. The maximum atomic E-state index is 13.6. The Balaban J connectivity index is 1.39. The van der Waals surface area contributed by atoms with E-state index in [1.807, 2.05) is 54.5 Å². The van der Waals surface area contributed by atoms with Gasteiger partial charge < -0.3 is 29.2 Å². The SMILES string of the molecule is COC(=O)[C@@H]1CCCN1C[C@H]1CC[C@@H](c2nc(Br)c3c(NCc4ccc(OC)cc4OC)nccn23)CN1C(=O)OC(C)(C)C. The molecule has 0 bridgehead atoms. The van der Waals surface area contributed by atoms with Gasteiger partial charge in [0.25, 0.3) is 0 Å². The van der Waals surface area contributed by atoms with Gasteiger partial charge in [-0.25, -0.2) is 14.8 Å². The lowest BCUT2D eigenvalue weighted by molar-refractivity contribution is -0.146. The Morgan fingerprint density at radius 1 is 1.11 bits per heavy atom. The van der Waals surface area contributed by atoms with Gasteiger partial charge in [-0.1, -0.05) is 0 Å². The third-order valence-corrected chi connectivity index (χ3v) is 9.01. The van der Waals surface area contributed by atoms with Crippen LogP contribution < -0.4 is 14.8 Å². The van der Waals surface area contributed by atoms with Crippen LogP contribution in [0.25, 0.3) is 5.52 Å². The molecule has 1 N–H and O–H groups in total. The topological polar surface area (TPSA) is 120 Å². The molecule has 0 radical (unpaired) electrons. The molecular formula is C32H43BrN6O6. The van der Waals surface area contributed by atoms with Crippen molar-refractivity contribution in [1.82, 2.24) is 24.2 Å². The average molecular weight is 688 g/mol. The van der Waals surface area contributed by atoms with Crippen LogP contribution in [0.15, 0.2) is 35.2 Å². The Bertz CT molecular complexity index is 1520. The number of carbonyl (C=O) groups is 2. The minimum Gasteiger partial charge on any atom is -0.497 e. The summed E-state index contributed by atoms with van der Waals surface area (Å²) in [4.78, 5) is 39.6. The number of nitrogens with one attached hydrogen (secondary N) is 1. The van der Waals surface area contributed by atoms with E-state index in [-0.39, 0.29) is 30.1 Å². The van der Waals surface area contributed by atoms with Crippen LogP contribution in [0.1, 0.15) is 63.8 Å². The highest BCUT2D eigenvalue weighted by molar-refractivity contribution is 9.10. The van der Waals surface area contributed by atoms with Gasteiger partial charge in [-0.3, -0.25) is 14.1 Å². The molecule has 12 nitrogen and oxygen atoms in total. The third kappa shape index (κ3) is 7.30. The van der Waals surface area contributed by atoms with E-state index in [2.05, 4.69) is 31.1 Å². The van der Waals surface area contributed by atoms with E-state index in [4.69, 9.17) is 23.9 Å². The minimum atomic E-state index is -0.640. The molecule has 2 saturated heterocycles. The number of ether oxygens (including phenoxy) is 4. The van der Waals surface area contributed by atoms with Gasteiger partial charge in [0.1, 0.15) is 39.1 Å². The normalized spacial score (nSPS) is 20.7. The first-order valence-corrected chi connectivity index (χ1v) is 16.1. The molecule has 2 fully saturated rings. The number of benzene rings is 1. The number of hydrogen-bond acceptors (Lipinski definition) is 10. The summed E-state index contributed by atoms with van der Waals surface area (Å²) in [7, 11) is 4.69. The van der Waals surface area contributed by atoms with Gasteiger partial charge in [-0.2, -0.15) is 0 Å². The number of imidazole rings is 1. The fraction of sp³-hybridized carbons (Fsp3) is 0.562. The Hall–Kier alpha value is -3.58. The van der Waals surface area contributed by atoms with Gasteiger partial charge in [-0.05, 0) is 81.1 Å². The van der Waals surface area contributed by atoms with Crippen molar-refractivity contribution in [3.8, 4) is 11.5 Å². The molecule has 5 rings (SSSR count). The van der Waals surface area contributed by atoms with Crippen molar-refractivity contribution in [2.24, 2.45) is 0 Å². The molecule has 1 amide bonds. The van der Waals surface area contributed by atoms with Crippen molar-refractivity contribution in [2.75, 3.05) is 46.3 Å². The highest BCUT2D eigenvalue weighted by Gasteiger charge is 2.40. The second-order valence-corrected chi connectivity index (χ2v) is 13.3. The Morgan fingerprint density at radius 2 is 1.91 bits per heavy atom. The highest BCUT2D eigenvalue weighted by Crippen LogP contribution is 2.36. The molecule has 3 atom stereocenters. The van der Waals surface area contributed by atoms with E-state index >= 15 is 0 Å². The number of nitrogens with zero attached hydrogens (tertiary/aromatic N) is 5. The van der Waals surface area contributed by atoms with Crippen LogP contribution in [0.3, 0.4) is 0 Å². The van der Waals surface area contributed by atoms with Gasteiger partial charge in [0.05, 0.1) is 21.3 Å². The van der Waals surface area contributed by atoms with Crippen LogP contribution in [0.2, 0.25) is 0 Å². The number of methoxy groups -OCH3 is 3. The van der Waals surface area contributed by atoms with Crippen LogP contribution in [-0.2, 0) is 20.8 Å². The third-order valence-electron chi connectivity index (χ3n) is 8.46. The van der Waals surface area contributed by atoms with Gasteiger partial charge in [0.15, 0.2) is 5.82 Å². The molecule has 244 valence electrons. The van der Waals surface area contributed by atoms with Crippen LogP contribution in [0, 0.1) is 0 Å². The minimum absolute atomic E-state index is 0.0421. The molecule has 2 aromatic heterocycles. The summed E-state index contributed by atoms with van der Waals surface area (Å²) in [6.45, 7) is 7.92.